The van der Waals surface area contributed by atoms with Gasteiger partial charge in [0.05, 0.1) is 17.4 Å². The predicted molar refractivity (Wildman–Crippen MR) is 134 cm³/mol. The highest BCUT2D eigenvalue weighted by Crippen LogP contribution is 2.40. The van der Waals surface area contributed by atoms with Crippen LogP contribution in [0.3, 0.4) is 0 Å². The van der Waals surface area contributed by atoms with Gasteiger partial charge in [0.2, 0.25) is 11.8 Å². The number of fused-ring (bicyclic) bond motifs is 1. The monoisotopic (exact) mass is 477 g/mol. The minimum Gasteiger partial charge on any atom is -0.465 e. The lowest BCUT2D eigenvalue weighted by Gasteiger charge is -2.41. The van der Waals surface area contributed by atoms with E-state index in [2.05, 4.69) is 0 Å². The van der Waals surface area contributed by atoms with Crippen molar-refractivity contribution >= 4 is 35.0 Å². The average Bonchev–Trinajstić information content (AvgIpc) is 3.29. The average molecular weight is 478 g/mol. The van der Waals surface area contributed by atoms with Crippen LogP contribution in [0.2, 0.25) is 0 Å². The van der Waals surface area contributed by atoms with Crippen molar-refractivity contribution in [2.75, 3.05) is 41.0 Å². The van der Waals surface area contributed by atoms with Crippen molar-refractivity contribution < 1.29 is 24.2 Å². The number of hydrogen-bond donors (Lipinski definition) is 1. The fourth-order valence-corrected chi connectivity index (χ4v) is 5.42. The van der Waals surface area contributed by atoms with E-state index in [0.29, 0.717) is 43.3 Å². The van der Waals surface area contributed by atoms with Crippen molar-refractivity contribution in [1.82, 2.24) is 0 Å². The van der Waals surface area contributed by atoms with Crippen molar-refractivity contribution in [2.24, 2.45) is 5.92 Å². The van der Waals surface area contributed by atoms with Crippen LogP contribution in [-0.2, 0) is 14.3 Å². The molecule has 0 aliphatic carbocycles. The molecule has 1 N–H and O–H groups in total. The molecule has 3 heterocycles. The summed E-state index contributed by atoms with van der Waals surface area (Å²) in [6, 6.07) is 13.1. The highest BCUT2D eigenvalue weighted by atomic mass is 16.5. The molecule has 0 spiro atoms. The van der Waals surface area contributed by atoms with Crippen LogP contribution < -0.4 is 14.7 Å². The Balaban J connectivity index is 1.44. The van der Waals surface area contributed by atoms with Gasteiger partial charge in [-0.05, 0) is 67.5 Å². The van der Waals surface area contributed by atoms with Crippen molar-refractivity contribution in [3.8, 4) is 11.1 Å². The van der Waals surface area contributed by atoms with Crippen LogP contribution in [0, 0.1) is 5.92 Å². The predicted octanol–water partition coefficient (Wildman–Crippen LogP) is 4.52. The number of rotatable bonds is 4. The molecule has 2 aromatic rings. The number of hydrogen-bond acceptors (Lipinski definition) is 4. The van der Waals surface area contributed by atoms with E-state index < -0.39 is 6.09 Å². The lowest BCUT2D eigenvalue weighted by molar-refractivity contribution is -0.120. The second kappa shape index (κ2) is 9.70. The molecule has 3 aliphatic rings. The fourth-order valence-electron chi connectivity index (χ4n) is 5.42. The summed E-state index contributed by atoms with van der Waals surface area (Å²) in [6.07, 6.45) is 2.62. The Morgan fingerprint density at radius 1 is 1.03 bits per heavy atom. The quantitative estimate of drug-likeness (QED) is 0.699. The van der Waals surface area contributed by atoms with E-state index in [0.717, 1.165) is 42.6 Å². The summed E-state index contributed by atoms with van der Waals surface area (Å²) < 4.78 is 5.43. The van der Waals surface area contributed by atoms with Gasteiger partial charge in [-0.25, -0.2) is 4.79 Å². The molecule has 2 aromatic carbocycles. The largest absolute Gasteiger partial charge is 0.465 e. The molecule has 0 unspecified atom stereocenters. The molecule has 3 amide bonds. The second-order valence-corrected chi connectivity index (χ2v) is 9.67. The molecule has 3 aliphatic heterocycles. The summed E-state index contributed by atoms with van der Waals surface area (Å²) >= 11 is 0. The third-order valence-corrected chi connectivity index (χ3v) is 7.30. The maximum Gasteiger partial charge on any atom is 0.411 e. The van der Waals surface area contributed by atoms with Gasteiger partial charge in [-0.3, -0.25) is 14.5 Å². The van der Waals surface area contributed by atoms with E-state index in [9.17, 15) is 19.5 Å². The van der Waals surface area contributed by atoms with E-state index in [1.165, 1.54) is 4.90 Å². The minimum atomic E-state index is -1.03. The molecule has 0 saturated carbocycles. The molecule has 5 rings (SSSR count). The first-order valence-corrected chi connectivity index (χ1v) is 12.4. The normalized spacial score (nSPS) is 20.8. The first-order valence-electron chi connectivity index (χ1n) is 12.4. The number of amides is 3. The summed E-state index contributed by atoms with van der Waals surface area (Å²) in [7, 11) is 0. The standard InChI is InChI=1S/C27H31N3O5/c1-18-17-29(27(33)34)24-16-21(20-4-7-22(8-5-20)28-12-2-3-25(28)31)6-9-23(24)30(18)26(32)15-19-10-13-35-14-11-19/h4-9,16,18-19H,2-3,10-15,17H2,1H3,(H,33,34)/t18-/m0/s1. The van der Waals surface area contributed by atoms with E-state index in [1.54, 1.807) is 9.80 Å². The number of ether oxygens (including phenoxy) is 1. The van der Waals surface area contributed by atoms with Gasteiger partial charge in [0.25, 0.3) is 0 Å². The number of carbonyl (C=O) groups is 3. The van der Waals surface area contributed by atoms with Gasteiger partial charge in [0.1, 0.15) is 0 Å². The molecule has 2 fully saturated rings. The molecule has 184 valence electrons. The maximum atomic E-state index is 13.3. The lowest BCUT2D eigenvalue weighted by atomic mass is 9.94. The zero-order chi connectivity index (χ0) is 24.5. The summed E-state index contributed by atoms with van der Waals surface area (Å²) in [5.74, 6) is 0.469. The van der Waals surface area contributed by atoms with Crippen LogP contribution in [0.25, 0.3) is 11.1 Å². The molecule has 2 saturated heterocycles. The van der Waals surface area contributed by atoms with E-state index in [4.69, 9.17) is 4.74 Å². The Bertz CT molecular complexity index is 1130. The van der Waals surface area contributed by atoms with Gasteiger partial charge in [-0.1, -0.05) is 18.2 Å². The van der Waals surface area contributed by atoms with Gasteiger partial charge in [0.15, 0.2) is 0 Å². The highest BCUT2D eigenvalue weighted by Gasteiger charge is 2.36. The van der Waals surface area contributed by atoms with Gasteiger partial charge in [0, 0.05) is 44.8 Å². The van der Waals surface area contributed by atoms with Gasteiger partial charge >= 0.3 is 6.09 Å². The van der Waals surface area contributed by atoms with Crippen molar-refractivity contribution in [2.45, 2.75) is 45.1 Å². The lowest BCUT2D eigenvalue weighted by Crippen LogP contribution is -2.52. The molecule has 0 aromatic heterocycles. The van der Waals surface area contributed by atoms with Gasteiger partial charge in [-0.2, -0.15) is 0 Å². The third-order valence-electron chi connectivity index (χ3n) is 7.30. The Morgan fingerprint density at radius 2 is 1.74 bits per heavy atom. The SMILES string of the molecule is C[C@H]1CN(C(=O)O)c2cc(-c3ccc(N4CCCC4=O)cc3)ccc2N1C(=O)CC1CCOCC1. The molecule has 0 bridgehead atoms. The van der Waals surface area contributed by atoms with Crippen LogP contribution in [0.5, 0.6) is 0 Å². The smallest absolute Gasteiger partial charge is 0.411 e. The molecule has 8 nitrogen and oxygen atoms in total. The Kier molecular flexibility index (Phi) is 6.47. The number of carboxylic acid groups (broad SMARTS) is 1. The summed E-state index contributed by atoms with van der Waals surface area (Å²) in [5.41, 5.74) is 3.81. The van der Waals surface area contributed by atoms with E-state index in [1.807, 2.05) is 49.4 Å². The zero-order valence-electron chi connectivity index (χ0n) is 20.0. The number of carbonyl (C=O) groups excluding carboxylic acids is 2. The molecule has 1 atom stereocenters. The number of nitrogens with zero attached hydrogens (tertiary/aromatic N) is 3. The van der Waals surface area contributed by atoms with Gasteiger partial charge < -0.3 is 19.6 Å². The van der Waals surface area contributed by atoms with Crippen LogP contribution in [0.1, 0.15) is 39.0 Å². The van der Waals surface area contributed by atoms with E-state index in [-0.39, 0.29) is 24.4 Å². The number of benzene rings is 2. The zero-order valence-corrected chi connectivity index (χ0v) is 20.0. The van der Waals surface area contributed by atoms with Gasteiger partial charge in [-0.15, -0.1) is 0 Å². The van der Waals surface area contributed by atoms with Crippen LogP contribution in [0.4, 0.5) is 21.9 Å². The van der Waals surface area contributed by atoms with Crippen LogP contribution in [0.15, 0.2) is 42.5 Å². The Hall–Kier alpha value is -3.39. The maximum absolute atomic E-state index is 13.3. The second-order valence-electron chi connectivity index (χ2n) is 9.67. The van der Waals surface area contributed by atoms with E-state index >= 15 is 0 Å². The first kappa shape index (κ1) is 23.4. The Labute approximate surface area is 205 Å². The molecular weight excluding hydrogens is 446 g/mol. The van der Waals surface area contributed by atoms with Crippen molar-refractivity contribution in [3.05, 3.63) is 42.5 Å². The van der Waals surface area contributed by atoms with Crippen LogP contribution in [-0.4, -0.2) is 55.4 Å². The first-order chi connectivity index (χ1) is 16.9. The Morgan fingerprint density at radius 3 is 2.40 bits per heavy atom. The molecule has 0 radical (unpaired) electrons. The molecular formula is C27H31N3O5. The van der Waals surface area contributed by atoms with Crippen molar-refractivity contribution in [3.63, 3.8) is 0 Å². The molecule has 8 heteroatoms. The minimum absolute atomic E-state index is 0.0306. The highest BCUT2D eigenvalue weighted by molar-refractivity contribution is 6.03. The topological polar surface area (TPSA) is 90.4 Å². The summed E-state index contributed by atoms with van der Waals surface area (Å²) in [6.45, 7) is 4.23. The summed E-state index contributed by atoms with van der Waals surface area (Å²) in [4.78, 5) is 42.4. The van der Waals surface area contributed by atoms with Crippen molar-refractivity contribution in [1.29, 1.82) is 0 Å². The summed E-state index contributed by atoms with van der Waals surface area (Å²) in [5, 5.41) is 9.90. The third kappa shape index (κ3) is 4.62. The van der Waals surface area contributed by atoms with Crippen LogP contribution >= 0.6 is 0 Å². The fraction of sp³-hybridized carbons (Fsp3) is 0.444. The molecule has 35 heavy (non-hydrogen) atoms. The number of anilines is 3.